The van der Waals surface area contributed by atoms with Crippen LogP contribution in [0.15, 0.2) is 146 Å². The molecule has 0 saturated heterocycles. The summed E-state index contributed by atoms with van der Waals surface area (Å²) in [5, 5.41) is 0. The molecule has 0 saturated carbocycles. The van der Waals surface area contributed by atoms with E-state index < -0.39 is 6.10 Å². The predicted molar refractivity (Wildman–Crippen MR) is 274 cm³/mol. The Labute approximate surface area is 391 Å². The van der Waals surface area contributed by atoms with Crippen LogP contribution < -0.4 is 0 Å². The van der Waals surface area contributed by atoms with Crippen LogP contribution in [0.1, 0.15) is 181 Å². The van der Waals surface area contributed by atoms with Gasteiger partial charge in [-0.25, -0.2) is 0 Å². The number of hydrogen-bond acceptors (Lipinski definition) is 6. The Morgan fingerprint density at radius 2 is 0.719 bits per heavy atom. The lowest BCUT2D eigenvalue weighted by Gasteiger charge is -2.18. The van der Waals surface area contributed by atoms with Gasteiger partial charge in [-0.2, -0.15) is 0 Å². The molecule has 1 unspecified atom stereocenters. The molecule has 0 bridgehead atoms. The molecule has 6 heteroatoms. The van der Waals surface area contributed by atoms with Gasteiger partial charge < -0.3 is 14.2 Å². The van der Waals surface area contributed by atoms with Crippen molar-refractivity contribution in [2.75, 3.05) is 13.2 Å². The number of carbonyl (C=O) groups excluding carboxylic acids is 3. The lowest BCUT2D eigenvalue weighted by Crippen LogP contribution is -2.30. The third-order valence-electron chi connectivity index (χ3n) is 9.73. The van der Waals surface area contributed by atoms with Gasteiger partial charge in [-0.15, -0.1) is 0 Å². The van der Waals surface area contributed by atoms with E-state index in [1.54, 1.807) is 0 Å². The highest BCUT2D eigenvalue weighted by Crippen LogP contribution is 2.12. The van der Waals surface area contributed by atoms with Crippen LogP contribution in [0.3, 0.4) is 0 Å². The Morgan fingerprint density at radius 3 is 1.23 bits per heavy atom. The second-order valence-electron chi connectivity index (χ2n) is 15.8. The highest BCUT2D eigenvalue weighted by Gasteiger charge is 2.19. The molecule has 0 aromatic carbocycles. The van der Waals surface area contributed by atoms with Gasteiger partial charge in [-0.05, 0) is 96.3 Å². The van der Waals surface area contributed by atoms with E-state index in [-0.39, 0.29) is 44.0 Å². The summed E-state index contributed by atoms with van der Waals surface area (Å²) in [5.41, 5.74) is 0. The summed E-state index contributed by atoms with van der Waals surface area (Å²) in [5.74, 6) is -1.08. The first-order valence-corrected chi connectivity index (χ1v) is 24.9. The van der Waals surface area contributed by atoms with Gasteiger partial charge in [0.25, 0.3) is 0 Å². The van der Waals surface area contributed by atoms with Crippen LogP contribution in [0.25, 0.3) is 0 Å². The quantitative estimate of drug-likeness (QED) is 0.0200. The minimum absolute atomic E-state index is 0.131. The average Bonchev–Trinajstić information content (AvgIpc) is 3.29. The first-order chi connectivity index (χ1) is 31.5. The van der Waals surface area contributed by atoms with Gasteiger partial charge in [0, 0.05) is 19.3 Å². The van der Waals surface area contributed by atoms with E-state index in [9.17, 15) is 14.4 Å². The molecular weight excluding hydrogens is 793 g/mol. The smallest absolute Gasteiger partial charge is 0.306 e. The largest absolute Gasteiger partial charge is 0.462 e. The number of unbranched alkanes of at least 4 members (excludes halogenated alkanes) is 12. The minimum Gasteiger partial charge on any atom is -0.462 e. The monoisotopic (exact) mass is 881 g/mol. The molecular formula is C58H88O6. The van der Waals surface area contributed by atoms with E-state index >= 15 is 0 Å². The van der Waals surface area contributed by atoms with E-state index in [0.717, 1.165) is 96.3 Å². The van der Waals surface area contributed by atoms with Crippen LogP contribution in [0.4, 0.5) is 0 Å². The normalized spacial score (nSPS) is 13.4. The summed E-state index contributed by atoms with van der Waals surface area (Å²) in [7, 11) is 0. The number of hydrogen-bond donors (Lipinski definition) is 0. The van der Waals surface area contributed by atoms with Crippen LogP contribution in [-0.2, 0) is 28.6 Å². The topological polar surface area (TPSA) is 78.9 Å². The molecule has 0 aromatic rings. The summed E-state index contributed by atoms with van der Waals surface area (Å²) < 4.78 is 16.7. The highest BCUT2D eigenvalue weighted by molar-refractivity contribution is 5.71. The van der Waals surface area contributed by atoms with Crippen molar-refractivity contribution in [1.29, 1.82) is 0 Å². The van der Waals surface area contributed by atoms with Crippen molar-refractivity contribution in [2.45, 2.75) is 187 Å². The van der Waals surface area contributed by atoms with Crippen LogP contribution in [0.5, 0.6) is 0 Å². The van der Waals surface area contributed by atoms with E-state index in [4.69, 9.17) is 14.2 Å². The SMILES string of the molecule is CC\C=C/C=C\C=C/C=C\C=C/CCCCCC(=O)OC(COC(=O)CC/C=C\C/C=C\C/C=C\C/C=C\C/C=C\CC)COC(=O)CCCCCCCC/C=C\C=C/CCCCC. The maximum Gasteiger partial charge on any atom is 0.306 e. The Kier molecular flexibility index (Phi) is 47.2. The molecule has 356 valence electrons. The van der Waals surface area contributed by atoms with E-state index in [1.165, 1.54) is 32.1 Å². The Balaban J connectivity index is 4.63. The maximum absolute atomic E-state index is 12.8. The molecule has 0 N–H and O–H groups in total. The van der Waals surface area contributed by atoms with E-state index in [1.807, 2.05) is 60.8 Å². The number of allylic oxidation sites excluding steroid dienone is 24. The fraction of sp³-hybridized carbons (Fsp3) is 0.534. The molecule has 6 nitrogen and oxygen atoms in total. The summed E-state index contributed by atoms with van der Waals surface area (Å²) in [6.45, 7) is 6.21. The third-order valence-corrected chi connectivity index (χ3v) is 9.73. The zero-order chi connectivity index (χ0) is 46.5. The summed E-state index contributed by atoms with van der Waals surface area (Å²) in [4.78, 5) is 37.9. The molecule has 0 aliphatic rings. The van der Waals surface area contributed by atoms with Crippen molar-refractivity contribution in [3.05, 3.63) is 146 Å². The molecule has 0 fully saturated rings. The Hall–Kier alpha value is -4.71. The number of esters is 3. The van der Waals surface area contributed by atoms with Crippen LogP contribution >= 0.6 is 0 Å². The van der Waals surface area contributed by atoms with Crippen molar-refractivity contribution >= 4 is 17.9 Å². The first-order valence-electron chi connectivity index (χ1n) is 24.9. The summed E-state index contributed by atoms with van der Waals surface area (Å²) in [6.07, 6.45) is 72.6. The molecule has 0 radical (unpaired) electrons. The van der Waals surface area contributed by atoms with Gasteiger partial charge in [0.2, 0.25) is 0 Å². The molecule has 0 amide bonds. The highest BCUT2D eigenvalue weighted by atomic mass is 16.6. The van der Waals surface area contributed by atoms with Gasteiger partial charge in [0.05, 0.1) is 0 Å². The molecule has 0 aliphatic carbocycles. The molecule has 64 heavy (non-hydrogen) atoms. The molecule has 1 atom stereocenters. The van der Waals surface area contributed by atoms with Gasteiger partial charge >= 0.3 is 17.9 Å². The van der Waals surface area contributed by atoms with Gasteiger partial charge in [-0.1, -0.05) is 212 Å². The fourth-order valence-corrected chi connectivity index (χ4v) is 6.03. The molecule has 0 aliphatic heterocycles. The lowest BCUT2D eigenvalue weighted by molar-refractivity contribution is -0.166. The van der Waals surface area contributed by atoms with Gasteiger partial charge in [-0.3, -0.25) is 14.4 Å². The second kappa shape index (κ2) is 50.9. The summed E-state index contributed by atoms with van der Waals surface area (Å²) >= 11 is 0. The number of rotatable bonds is 42. The standard InChI is InChI=1S/C58H88O6/c1-4-7-10-13-16-19-22-25-28-31-33-36-39-42-45-48-51-57(60)63-54-55(64-58(61)52-49-46-43-40-37-34-30-27-24-21-18-15-12-9-6-3)53-62-56(59)50-47-44-41-38-35-32-29-26-23-20-17-14-11-8-5-2/h7,9-10,12,15-21,23-28,30,33-34,36-37,42,45,55H,4-6,8,11,13-14,22,29,31-32,35,38-41,43-44,46-54H2,1-3H3/b10-7-,12-9-,18-15-,19-16-,20-17-,24-21-,26-23-,28-25-,30-27-,36-33-,37-34-,45-42-. The third kappa shape index (κ3) is 48.3. The van der Waals surface area contributed by atoms with Crippen molar-refractivity contribution in [1.82, 2.24) is 0 Å². The Morgan fingerprint density at radius 1 is 0.344 bits per heavy atom. The molecule has 0 rings (SSSR count). The number of carbonyl (C=O) groups is 3. The molecule has 0 spiro atoms. The summed E-state index contributed by atoms with van der Waals surface area (Å²) in [6, 6.07) is 0. The van der Waals surface area contributed by atoms with Gasteiger partial charge in [0.1, 0.15) is 13.2 Å². The minimum atomic E-state index is -0.841. The second-order valence-corrected chi connectivity index (χ2v) is 15.8. The maximum atomic E-state index is 12.8. The van der Waals surface area contributed by atoms with Crippen LogP contribution in [0.2, 0.25) is 0 Å². The van der Waals surface area contributed by atoms with E-state index in [0.29, 0.717) is 19.3 Å². The zero-order valence-electron chi connectivity index (χ0n) is 40.5. The van der Waals surface area contributed by atoms with Crippen molar-refractivity contribution in [3.63, 3.8) is 0 Å². The Bertz CT molecular complexity index is 1480. The zero-order valence-corrected chi connectivity index (χ0v) is 40.5. The molecule has 0 heterocycles. The average molecular weight is 881 g/mol. The predicted octanol–water partition coefficient (Wildman–Crippen LogP) is 16.5. The van der Waals surface area contributed by atoms with Gasteiger partial charge in [0.15, 0.2) is 6.10 Å². The van der Waals surface area contributed by atoms with Crippen LogP contribution in [0, 0.1) is 0 Å². The van der Waals surface area contributed by atoms with Crippen LogP contribution in [-0.4, -0.2) is 37.2 Å². The van der Waals surface area contributed by atoms with Crippen molar-refractivity contribution in [2.24, 2.45) is 0 Å². The fourth-order valence-electron chi connectivity index (χ4n) is 6.03. The van der Waals surface area contributed by atoms with E-state index in [2.05, 4.69) is 106 Å². The van der Waals surface area contributed by atoms with Crippen molar-refractivity contribution in [3.8, 4) is 0 Å². The lowest BCUT2D eigenvalue weighted by atomic mass is 10.1. The number of ether oxygens (including phenoxy) is 3. The van der Waals surface area contributed by atoms with Crippen molar-refractivity contribution < 1.29 is 28.6 Å². The first kappa shape index (κ1) is 59.3. The molecule has 0 aromatic heterocycles.